The Balaban J connectivity index is 1.43. The monoisotopic (exact) mass is 622 g/mol. The van der Waals surface area contributed by atoms with Gasteiger partial charge in [0.2, 0.25) is 10.0 Å². The lowest BCUT2D eigenvalue weighted by Crippen LogP contribution is -2.50. The second-order valence-electron chi connectivity index (χ2n) is 10.6. The molecule has 4 rings (SSSR count). The first-order valence-electron chi connectivity index (χ1n) is 13.6. The average molecular weight is 623 g/mol. The van der Waals surface area contributed by atoms with Gasteiger partial charge in [0.15, 0.2) is 0 Å². The van der Waals surface area contributed by atoms with Crippen molar-refractivity contribution in [1.82, 2.24) is 9.62 Å². The lowest BCUT2D eigenvalue weighted by atomic mass is 9.89. The Morgan fingerprint density at radius 2 is 1.86 bits per heavy atom. The molecule has 1 fully saturated rings. The summed E-state index contributed by atoms with van der Waals surface area (Å²) in [7, 11) is -3.84. The normalized spacial score (nSPS) is 18.0. The molecular weight excluding hydrogens is 589 g/mol. The minimum absolute atomic E-state index is 0.0260. The van der Waals surface area contributed by atoms with E-state index >= 15 is 0 Å². The molecule has 3 N–H and O–H groups in total. The number of halogens is 3. The summed E-state index contributed by atoms with van der Waals surface area (Å²) in [5.41, 5.74) is 2.11. The van der Waals surface area contributed by atoms with Gasteiger partial charge in [0.1, 0.15) is 23.4 Å². The minimum Gasteiger partial charge on any atom is -0.406 e. The van der Waals surface area contributed by atoms with Gasteiger partial charge in [-0.3, -0.25) is 9.79 Å². The van der Waals surface area contributed by atoms with Crippen LogP contribution in [0.15, 0.2) is 46.8 Å². The smallest absolute Gasteiger partial charge is 0.406 e. The molecule has 2 aromatic carbocycles. The SMILES string of the molecule is Cc1cc(N[C@@H](CO)CCC=O)cc(C)c1/C=C/S(=O)(=O)N1CCC2(CC1)N=C(c1cccc(OC(F)(F)F)c1)NC2=O. The first-order valence-corrected chi connectivity index (χ1v) is 15.1. The fraction of sp³-hybridized carbons (Fsp3) is 0.414. The summed E-state index contributed by atoms with van der Waals surface area (Å²) in [4.78, 5) is 28.1. The van der Waals surface area contributed by atoms with E-state index < -0.39 is 33.6 Å². The van der Waals surface area contributed by atoms with Crippen molar-refractivity contribution in [2.75, 3.05) is 25.0 Å². The zero-order valence-corrected chi connectivity index (χ0v) is 24.5. The maximum Gasteiger partial charge on any atom is 0.573 e. The van der Waals surface area contributed by atoms with E-state index in [-0.39, 0.29) is 50.0 Å². The zero-order valence-electron chi connectivity index (χ0n) is 23.6. The van der Waals surface area contributed by atoms with Gasteiger partial charge in [0.25, 0.3) is 5.91 Å². The molecule has 0 aliphatic carbocycles. The number of hydrogen-bond acceptors (Lipinski definition) is 8. The molecule has 0 radical (unpaired) electrons. The van der Waals surface area contributed by atoms with Crippen molar-refractivity contribution in [3.63, 3.8) is 0 Å². The van der Waals surface area contributed by atoms with Gasteiger partial charge in [-0.25, -0.2) is 8.42 Å². The summed E-state index contributed by atoms with van der Waals surface area (Å²) >= 11 is 0. The van der Waals surface area contributed by atoms with Crippen LogP contribution in [0.25, 0.3) is 6.08 Å². The third kappa shape index (κ3) is 7.80. The molecule has 232 valence electrons. The number of amidine groups is 1. The summed E-state index contributed by atoms with van der Waals surface area (Å²) in [5, 5.41) is 16.5. The molecule has 2 heterocycles. The van der Waals surface area contributed by atoms with Gasteiger partial charge >= 0.3 is 6.36 Å². The Morgan fingerprint density at radius 3 is 2.47 bits per heavy atom. The van der Waals surface area contributed by atoms with Crippen LogP contribution in [-0.2, 0) is 19.6 Å². The van der Waals surface area contributed by atoms with Gasteiger partial charge in [-0.1, -0.05) is 12.1 Å². The third-order valence-corrected chi connectivity index (χ3v) is 9.02. The van der Waals surface area contributed by atoms with Gasteiger partial charge in [-0.15, -0.1) is 13.2 Å². The number of nitrogens with zero attached hydrogens (tertiary/aromatic N) is 2. The minimum atomic E-state index is -4.87. The van der Waals surface area contributed by atoms with Crippen molar-refractivity contribution in [3.8, 4) is 5.75 Å². The average Bonchev–Trinajstić information content (AvgIpc) is 3.25. The predicted molar refractivity (Wildman–Crippen MR) is 155 cm³/mol. The number of aliphatic hydroxyl groups is 1. The van der Waals surface area contributed by atoms with Gasteiger partial charge in [0.05, 0.1) is 6.61 Å². The molecule has 0 unspecified atom stereocenters. The lowest BCUT2D eigenvalue weighted by Gasteiger charge is -2.34. The maximum atomic E-state index is 13.2. The van der Waals surface area contributed by atoms with E-state index in [1.807, 2.05) is 26.0 Å². The Bertz CT molecular complexity index is 1510. The molecule has 0 bridgehead atoms. The highest BCUT2D eigenvalue weighted by Crippen LogP contribution is 2.33. The lowest BCUT2D eigenvalue weighted by molar-refractivity contribution is -0.274. The van der Waals surface area contributed by atoms with Crippen LogP contribution in [0.3, 0.4) is 0 Å². The van der Waals surface area contributed by atoms with Crippen LogP contribution in [-0.4, -0.2) is 73.5 Å². The highest BCUT2D eigenvalue weighted by molar-refractivity contribution is 7.92. The van der Waals surface area contributed by atoms with Crippen molar-refractivity contribution in [2.45, 2.75) is 57.5 Å². The Morgan fingerprint density at radius 1 is 1.19 bits per heavy atom. The van der Waals surface area contributed by atoms with E-state index in [0.29, 0.717) is 12.8 Å². The summed E-state index contributed by atoms with van der Waals surface area (Å²) in [6, 6.07) is 8.51. The van der Waals surface area contributed by atoms with Crippen molar-refractivity contribution in [2.24, 2.45) is 4.99 Å². The molecular formula is C29H33F3N4O6S. The number of carbonyl (C=O) groups is 2. The molecule has 0 saturated carbocycles. The molecule has 10 nitrogen and oxygen atoms in total. The summed E-state index contributed by atoms with van der Waals surface area (Å²) in [6.07, 6.45) is -1.55. The Kier molecular flexibility index (Phi) is 9.62. The summed E-state index contributed by atoms with van der Waals surface area (Å²) < 4.78 is 69.5. The summed E-state index contributed by atoms with van der Waals surface area (Å²) in [5.74, 6) is -0.783. The molecule has 1 saturated heterocycles. The predicted octanol–water partition coefficient (Wildman–Crippen LogP) is 3.67. The van der Waals surface area contributed by atoms with E-state index in [0.717, 1.165) is 46.2 Å². The third-order valence-electron chi connectivity index (χ3n) is 7.46. The highest BCUT2D eigenvalue weighted by atomic mass is 32.2. The molecule has 2 aliphatic heterocycles. The summed E-state index contributed by atoms with van der Waals surface area (Å²) in [6.45, 7) is 3.60. The first-order chi connectivity index (χ1) is 20.2. The van der Waals surface area contributed by atoms with Crippen LogP contribution in [0.2, 0.25) is 0 Å². The van der Waals surface area contributed by atoms with E-state index in [4.69, 9.17) is 0 Å². The fourth-order valence-corrected chi connectivity index (χ4v) is 6.39. The van der Waals surface area contributed by atoms with Crippen LogP contribution in [0.5, 0.6) is 5.75 Å². The van der Waals surface area contributed by atoms with Gasteiger partial charge in [0, 0.05) is 42.2 Å². The van der Waals surface area contributed by atoms with Gasteiger partial charge < -0.3 is 25.3 Å². The number of carbonyl (C=O) groups excluding carboxylic acids is 2. The van der Waals surface area contributed by atoms with Crippen LogP contribution in [0, 0.1) is 13.8 Å². The number of sulfonamides is 1. The Hall–Kier alpha value is -3.75. The number of ether oxygens (including phenoxy) is 1. The number of alkyl halides is 3. The second-order valence-corrected chi connectivity index (χ2v) is 12.4. The number of benzene rings is 2. The number of hydrogen-bond donors (Lipinski definition) is 3. The van der Waals surface area contributed by atoms with Crippen molar-refractivity contribution >= 4 is 39.8 Å². The number of aliphatic hydroxyl groups excluding tert-OH is 1. The molecule has 43 heavy (non-hydrogen) atoms. The largest absolute Gasteiger partial charge is 0.573 e. The second kappa shape index (κ2) is 12.9. The molecule has 2 aromatic rings. The van der Waals surface area contributed by atoms with Crippen LogP contribution >= 0.6 is 0 Å². The van der Waals surface area contributed by atoms with E-state index in [2.05, 4.69) is 20.4 Å². The van der Waals surface area contributed by atoms with E-state index in [1.54, 1.807) is 0 Å². The first kappa shape index (κ1) is 32.2. The zero-order chi connectivity index (χ0) is 31.4. The number of amides is 1. The number of aldehydes is 1. The number of anilines is 1. The maximum absolute atomic E-state index is 13.2. The van der Waals surface area contributed by atoms with Crippen molar-refractivity contribution < 1.29 is 41.0 Å². The highest BCUT2D eigenvalue weighted by Gasteiger charge is 2.47. The molecule has 1 atom stereocenters. The number of rotatable bonds is 11. The number of piperidine rings is 1. The van der Waals surface area contributed by atoms with Gasteiger partial charge in [-0.2, -0.15) is 4.31 Å². The van der Waals surface area contributed by atoms with Crippen LogP contribution < -0.4 is 15.4 Å². The topological polar surface area (TPSA) is 137 Å². The molecule has 1 spiro atoms. The Labute approximate surface area is 247 Å². The molecule has 2 aliphatic rings. The van der Waals surface area contributed by atoms with E-state index in [9.17, 15) is 36.3 Å². The molecule has 0 aromatic heterocycles. The van der Waals surface area contributed by atoms with Crippen molar-refractivity contribution in [1.29, 1.82) is 0 Å². The number of aliphatic imine (C=N–C) groups is 1. The van der Waals surface area contributed by atoms with E-state index in [1.165, 1.54) is 22.5 Å². The fourth-order valence-electron chi connectivity index (χ4n) is 5.22. The van der Waals surface area contributed by atoms with Crippen LogP contribution in [0.1, 0.15) is 47.9 Å². The van der Waals surface area contributed by atoms with Crippen molar-refractivity contribution in [3.05, 3.63) is 64.1 Å². The quantitative estimate of drug-likeness (QED) is 0.325. The molecule has 1 amide bonds. The number of nitrogens with one attached hydrogen (secondary N) is 2. The standard InChI is InChI=1S/C29H33F3N4O6S/c1-19-15-23(33-22(18-38)6-4-13-37)16-20(2)25(19)8-14-43(40,41)36-11-9-28(10-12-36)27(39)34-26(35-28)21-5-3-7-24(17-21)42-29(30,31)32/h3,5,7-8,13-17,22,33,38H,4,6,9-12,18H2,1-2H3,(H,34,35,39)/b14-8+/t22-/m1/s1. The van der Waals surface area contributed by atoms with Crippen LogP contribution in [0.4, 0.5) is 18.9 Å². The molecule has 14 heteroatoms. The van der Waals surface area contributed by atoms with Gasteiger partial charge in [-0.05, 0) is 80.1 Å². The number of aryl methyl sites for hydroxylation is 2.